The molecule has 8 heteroatoms. The van der Waals surface area contributed by atoms with Gasteiger partial charge in [-0.3, -0.25) is 9.59 Å². The van der Waals surface area contributed by atoms with Gasteiger partial charge in [0.05, 0.1) is 17.4 Å². The number of piperidine rings is 1. The van der Waals surface area contributed by atoms with Crippen molar-refractivity contribution < 1.29 is 22.7 Å². The van der Waals surface area contributed by atoms with Gasteiger partial charge in [0.25, 0.3) is 5.91 Å². The van der Waals surface area contributed by atoms with Crippen LogP contribution in [0.25, 0.3) is 0 Å². The summed E-state index contributed by atoms with van der Waals surface area (Å²) in [6.45, 7) is 8.94. The molecule has 1 aliphatic heterocycles. The fourth-order valence-electron chi connectivity index (χ4n) is 3.51. The molecule has 0 bridgehead atoms. The van der Waals surface area contributed by atoms with Crippen LogP contribution in [0.3, 0.4) is 0 Å². The number of amides is 1. The summed E-state index contributed by atoms with van der Waals surface area (Å²) in [5.74, 6) is -0.874. The summed E-state index contributed by atoms with van der Waals surface area (Å²) in [5.41, 5.74) is 0.923. The molecule has 0 aliphatic carbocycles. The number of likely N-dealkylation sites (tertiary alicyclic amines) is 1. The minimum atomic E-state index is -3.66. The second-order valence-electron chi connectivity index (χ2n) is 6.91. The number of ether oxygens (including phenoxy) is 1. The lowest BCUT2D eigenvalue weighted by molar-refractivity contribution is -0.149. The van der Waals surface area contributed by atoms with E-state index in [1.165, 1.54) is 10.4 Å². The van der Waals surface area contributed by atoms with Crippen molar-refractivity contribution in [3.8, 4) is 0 Å². The highest BCUT2D eigenvalue weighted by atomic mass is 32.2. The third-order valence-electron chi connectivity index (χ3n) is 5.09. The largest absolute Gasteiger partial charge is 0.466 e. The average molecular weight is 411 g/mol. The zero-order chi connectivity index (χ0) is 20.9. The predicted octanol–water partition coefficient (Wildman–Crippen LogP) is 2.44. The van der Waals surface area contributed by atoms with Crippen molar-refractivity contribution in [1.29, 1.82) is 0 Å². The normalized spacial score (nSPS) is 17.6. The molecule has 1 aromatic carbocycles. The maximum atomic E-state index is 13.0. The van der Waals surface area contributed by atoms with Crippen molar-refractivity contribution in [3.05, 3.63) is 29.3 Å². The van der Waals surface area contributed by atoms with Crippen LogP contribution in [0.4, 0.5) is 0 Å². The number of hydrogen-bond donors (Lipinski definition) is 0. The van der Waals surface area contributed by atoms with Gasteiger partial charge in [-0.05, 0) is 44.4 Å². The van der Waals surface area contributed by atoms with Crippen molar-refractivity contribution in [1.82, 2.24) is 9.21 Å². The van der Waals surface area contributed by atoms with E-state index >= 15 is 0 Å². The van der Waals surface area contributed by atoms with Crippen LogP contribution in [0.2, 0.25) is 0 Å². The number of rotatable bonds is 7. The highest BCUT2D eigenvalue weighted by Gasteiger charge is 2.31. The molecule has 0 aromatic heterocycles. The minimum absolute atomic E-state index is 0.154. The first kappa shape index (κ1) is 22.4. The topological polar surface area (TPSA) is 84.0 Å². The molecular weight excluding hydrogens is 380 g/mol. The van der Waals surface area contributed by atoms with E-state index in [1.807, 2.05) is 0 Å². The second kappa shape index (κ2) is 9.52. The van der Waals surface area contributed by atoms with E-state index < -0.39 is 10.0 Å². The van der Waals surface area contributed by atoms with E-state index in [9.17, 15) is 18.0 Å². The Hall–Kier alpha value is -1.93. The zero-order valence-corrected chi connectivity index (χ0v) is 17.9. The molecule has 1 aliphatic rings. The number of carbonyl (C=O) groups is 2. The molecule has 0 spiro atoms. The maximum Gasteiger partial charge on any atom is 0.310 e. The molecule has 1 fully saturated rings. The Kier molecular flexibility index (Phi) is 7.60. The SMILES string of the molecule is CCOC(=O)C1CCCN(C(=O)c2ccc(C)c(S(=O)(=O)N(CC)CC)c2)C1. The number of aryl methyl sites for hydroxylation is 1. The van der Waals surface area contributed by atoms with Crippen LogP contribution in [0, 0.1) is 12.8 Å². The van der Waals surface area contributed by atoms with Gasteiger partial charge in [0.2, 0.25) is 10.0 Å². The number of benzene rings is 1. The monoisotopic (exact) mass is 410 g/mol. The Labute approximate surface area is 167 Å². The molecule has 2 rings (SSSR count). The van der Waals surface area contributed by atoms with E-state index in [4.69, 9.17) is 4.74 Å². The van der Waals surface area contributed by atoms with Crippen LogP contribution >= 0.6 is 0 Å². The number of nitrogens with zero attached hydrogens (tertiary/aromatic N) is 2. The Morgan fingerprint density at radius 1 is 1.21 bits per heavy atom. The quantitative estimate of drug-likeness (QED) is 0.645. The van der Waals surface area contributed by atoms with Crippen LogP contribution in [0.1, 0.15) is 49.5 Å². The first-order chi connectivity index (χ1) is 13.3. The smallest absolute Gasteiger partial charge is 0.310 e. The van der Waals surface area contributed by atoms with Gasteiger partial charge < -0.3 is 9.64 Å². The molecule has 28 heavy (non-hydrogen) atoms. The van der Waals surface area contributed by atoms with Crippen molar-refractivity contribution >= 4 is 21.9 Å². The van der Waals surface area contributed by atoms with Gasteiger partial charge in [-0.25, -0.2) is 8.42 Å². The summed E-state index contributed by atoms with van der Waals surface area (Å²) in [4.78, 5) is 26.8. The summed E-state index contributed by atoms with van der Waals surface area (Å²) in [7, 11) is -3.66. The third kappa shape index (κ3) is 4.72. The van der Waals surface area contributed by atoms with Crippen molar-refractivity contribution in [3.63, 3.8) is 0 Å². The van der Waals surface area contributed by atoms with Gasteiger partial charge in [0, 0.05) is 31.7 Å². The predicted molar refractivity (Wildman–Crippen MR) is 107 cm³/mol. The Morgan fingerprint density at radius 3 is 2.50 bits per heavy atom. The van der Waals surface area contributed by atoms with Crippen molar-refractivity contribution in [2.45, 2.75) is 45.4 Å². The Balaban J connectivity index is 2.28. The van der Waals surface area contributed by atoms with E-state index in [0.717, 1.165) is 0 Å². The van der Waals surface area contributed by atoms with E-state index in [0.29, 0.717) is 56.8 Å². The molecule has 1 unspecified atom stereocenters. The molecule has 156 valence electrons. The van der Waals surface area contributed by atoms with Crippen LogP contribution in [-0.4, -0.2) is 62.3 Å². The number of esters is 1. The van der Waals surface area contributed by atoms with Gasteiger partial charge in [0.15, 0.2) is 0 Å². The standard InChI is InChI=1S/C20H30N2O5S/c1-5-22(6-2)28(25,26)18-13-16(11-10-15(18)4)19(23)21-12-8-9-17(14-21)20(24)27-7-3/h10-11,13,17H,5-9,12,14H2,1-4H3. The van der Waals surface area contributed by atoms with E-state index in [1.54, 1.807) is 44.7 Å². The highest BCUT2D eigenvalue weighted by Crippen LogP contribution is 2.24. The lowest BCUT2D eigenvalue weighted by Crippen LogP contribution is -2.43. The average Bonchev–Trinajstić information content (AvgIpc) is 2.68. The second-order valence-corrected chi connectivity index (χ2v) is 8.82. The van der Waals surface area contributed by atoms with E-state index in [-0.39, 0.29) is 22.7 Å². The summed E-state index contributed by atoms with van der Waals surface area (Å²) in [6, 6.07) is 4.77. The van der Waals surface area contributed by atoms with Gasteiger partial charge >= 0.3 is 5.97 Å². The summed E-state index contributed by atoms with van der Waals surface area (Å²) < 4.78 is 32.3. The Bertz CT molecular complexity index is 818. The van der Waals surface area contributed by atoms with Crippen molar-refractivity contribution in [2.24, 2.45) is 5.92 Å². The molecule has 1 atom stereocenters. The fourth-order valence-corrected chi connectivity index (χ4v) is 5.22. The lowest BCUT2D eigenvalue weighted by Gasteiger charge is -2.31. The van der Waals surface area contributed by atoms with Gasteiger partial charge in [0.1, 0.15) is 0 Å². The summed E-state index contributed by atoms with van der Waals surface area (Å²) in [5, 5.41) is 0. The van der Waals surface area contributed by atoms with Crippen molar-refractivity contribution in [2.75, 3.05) is 32.8 Å². The van der Waals surface area contributed by atoms with E-state index in [2.05, 4.69) is 0 Å². The number of carbonyl (C=O) groups excluding carboxylic acids is 2. The first-order valence-electron chi connectivity index (χ1n) is 9.82. The van der Waals surface area contributed by atoms with Crippen LogP contribution < -0.4 is 0 Å². The summed E-state index contributed by atoms with van der Waals surface area (Å²) in [6.07, 6.45) is 1.41. The van der Waals surface area contributed by atoms with Gasteiger partial charge in [-0.2, -0.15) is 4.31 Å². The molecule has 1 heterocycles. The highest BCUT2D eigenvalue weighted by molar-refractivity contribution is 7.89. The van der Waals surface area contributed by atoms with Crippen LogP contribution in [-0.2, 0) is 19.6 Å². The maximum absolute atomic E-state index is 13.0. The first-order valence-corrected chi connectivity index (χ1v) is 11.3. The zero-order valence-electron chi connectivity index (χ0n) is 17.1. The molecule has 1 amide bonds. The number of sulfonamides is 1. The molecule has 7 nitrogen and oxygen atoms in total. The molecule has 1 saturated heterocycles. The molecule has 0 saturated carbocycles. The fraction of sp³-hybridized carbons (Fsp3) is 0.600. The molecule has 0 N–H and O–H groups in total. The van der Waals surface area contributed by atoms with Crippen LogP contribution in [0.5, 0.6) is 0 Å². The lowest BCUT2D eigenvalue weighted by atomic mass is 9.97. The van der Waals surface area contributed by atoms with Crippen LogP contribution in [0.15, 0.2) is 23.1 Å². The minimum Gasteiger partial charge on any atom is -0.466 e. The third-order valence-corrected chi connectivity index (χ3v) is 7.28. The molecule has 1 aromatic rings. The van der Waals surface area contributed by atoms with Gasteiger partial charge in [-0.1, -0.05) is 19.9 Å². The van der Waals surface area contributed by atoms with Gasteiger partial charge in [-0.15, -0.1) is 0 Å². The summed E-state index contributed by atoms with van der Waals surface area (Å²) >= 11 is 0. The molecule has 0 radical (unpaired) electrons. The Morgan fingerprint density at radius 2 is 1.89 bits per heavy atom. The number of hydrogen-bond acceptors (Lipinski definition) is 5. The molecular formula is C20H30N2O5S.